The second-order valence-corrected chi connectivity index (χ2v) is 5.70. The fourth-order valence-corrected chi connectivity index (χ4v) is 2.35. The lowest BCUT2D eigenvalue weighted by Gasteiger charge is -2.09. The minimum Gasteiger partial charge on any atom is -0.493 e. The van der Waals surface area contributed by atoms with Crippen LogP contribution in [0.2, 0.25) is 0 Å². The lowest BCUT2D eigenvalue weighted by atomic mass is 10.2. The molecule has 2 aromatic rings. The smallest absolute Gasteiger partial charge is 0.128 e. The third kappa shape index (κ3) is 5.35. The molecule has 1 aromatic heterocycles. The third-order valence-electron chi connectivity index (χ3n) is 3.49. The molecule has 21 heavy (non-hydrogen) atoms. The molecule has 1 N–H and O–H groups in total. The molecule has 0 aliphatic rings. The summed E-state index contributed by atoms with van der Waals surface area (Å²) in [7, 11) is 0. The summed E-state index contributed by atoms with van der Waals surface area (Å²) in [5.41, 5.74) is 0.995. The first-order chi connectivity index (χ1) is 10.3. The summed E-state index contributed by atoms with van der Waals surface area (Å²) in [6, 6.07) is 10.7. The lowest BCUT2D eigenvalue weighted by molar-refractivity contribution is 0.308. The lowest BCUT2D eigenvalue weighted by Crippen LogP contribution is -2.23. The Hall–Kier alpha value is -1.61. The van der Waals surface area contributed by atoms with Crippen LogP contribution in [0.1, 0.15) is 39.5 Å². The first-order valence-electron chi connectivity index (χ1n) is 7.97. The monoisotopic (exact) mass is 286 g/mol. The number of nitrogens with zero attached hydrogens (tertiary/aromatic N) is 1. The van der Waals surface area contributed by atoms with Crippen LogP contribution in [0.15, 0.2) is 36.5 Å². The number of ether oxygens (including phenoxy) is 1. The normalized spacial score (nSPS) is 11.2. The number of pyridine rings is 1. The van der Waals surface area contributed by atoms with Crippen molar-refractivity contribution in [2.45, 2.75) is 45.6 Å². The Labute approximate surface area is 127 Å². The van der Waals surface area contributed by atoms with E-state index in [1.807, 2.05) is 30.5 Å². The summed E-state index contributed by atoms with van der Waals surface area (Å²) in [6.45, 7) is 6.28. The van der Waals surface area contributed by atoms with Crippen molar-refractivity contribution in [3.63, 3.8) is 0 Å². The molecule has 1 aromatic carbocycles. The number of benzene rings is 1. The Morgan fingerprint density at radius 2 is 1.90 bits per heavy atom. The van der Waals surface area contributed by atoms with Crippen molar-refractivity contribution in [3.8, 4) is 5.75 Å². The van der Waals surface area contributed by atoms with E-state index in [0.717, 1.165) is 36.2 Å². The van der Waals surface area contributed by atoms with Gasteiger partial charge in [0.25, 0.3) is 0 Å². The highest BCUT2D eigenvalue weighted by Crippen LogP contribution is 2.23. The number of hydrogen-bond acceptors (Lipinski definition) is 3. The van der Waals surface area contributed by atoms with Gasteiger partial charge < -0.3 is 10.1 Å². The molecule has 0 aliphatic heterocycles. The molecule has 0 saturated heterocycles. The van der Waals surface area contributed by atoms with Crippen LogP contribution < -0.4 is 10.1 Å². The van der Waals surface area contributed by atoms with Gasteiger partial charge in [0.05, 0.1) is 12.1 Å². The molecule has 0 aliphatic carbocycles. The highest BCUT2D eigenvalue weighted by molar-refractivity contribution is 5.84. The fourth-order valence-electron chi connectivity index (χ4n) is 2.35. The zero-order chi connectivity index (χ0) is 14.9. The molecule has 0 atom stereocenters. The molecule has 0 spiro atoms. The van der Waals surface area contributed by atoms with Crippen molar-refractivity contribution in [1.82, 2.24) is 10.3 Å². The first-order valence-corrected chi connectivity index (χ1v) is 7.97. The molecule has 1 heterocycles. The van der Waals surface area contributed by atoms with Crippen molar-refractivity contribution in [2.75, 3.05) is 13.2 Å². The predicted octanol–water partition coefficient (Wildman–Crippen LogP) is 4.17. The molecule has 0 fully saturated rings. The van der Waals surface area contributed by atoms with Crippen molar-refractivity contribution >= 4 is 10.9 Å². The van der Waals surface area contributed by atoms with Crippen LogP contribution in [0.4, 0.5) is 0 Å². The number of aromatic nitrogens is 1. The van der Waals surface area contributed by atoms with Gasteiger partial charge in [-0.25, -0.2) is 0 Å². The van der Waals surface area contributed by atoms with E-state index in [9.17, 15) is 0 Å². The molecule has 2 rings (SSSR count). The zero-order valence-electron chi connectivity index (χ0n) is 13.1. The minimum atomic E-state index is 0.591. The molecule has 3 nitrogen and oxygen atoms in total. The number of rotatable bonds is 9. The molecule has 0 bridgehead atoms. The van der Waals surface area contributed by atoms with Crippen molar-refractivity contribution in [2.24, 2.45) is 0 Å². The Morgan fingerprint density at radius 1 is 1.05 bits per heavy atom. The van der Waals surface area contributed by atoms with Crippen LogP contribution in [-0.2, 0) is 0 Å². The third-order valence-corrected chi connectivity index (χ3v) is 3.49. The highest BCUT2D eigenvalue weighted by atomic mass is 16.5. The molecule has 0 amide bonds. The Morgan fingerprint density at radius 3 is 2.76 bits per heavy atom. The molecule has 0 unspecified atom stereocenters. The SMILES string of the molecule is CC(C)NCCCCCCOc1cccc2ncccc12. The molecular formula is C18H26N2O. The number of unbranched alkanes of at least 4 members (excludes halogenated alkanes) is 3. The maximum absolute atomic E-state index is 5.91. The molecular weight excluding hydrogens is 260 g/mol. The van der Waals surface area contributed by atoms with Crippen LogP contribution in [0.25, 0.3) is 10.9 Å². The number of nitrogens with one attached hydrogen (secondary N) is 1. The van der Waals surface area contributed by atoms with Gasteiger partial charge in [0.15, 0.2) is 0 Å². The standard InChI is InChI=1S/C18H26N2O/c1-15(2)19-12-5-3-4-6-14-21-18-11-7-10-17-16(18)9-8-13-20-17/h7-11,13,15,19H,3-6,12,14H2,1-2H3. The summed E-state index contributed by atoms with van der Waals surface area (Å²) >= 11 is 0. The van der Waals surface area contributed by atoms with Crippen LogP contribution in [0.3, 0.4) is 0 Å². The van der Waals surface area contributed by atoms with E-state index in [-0.39, 0.29) is 0 Å². The topological polar surface area (TPSA) is 34.1 Å². The summed E-state index contributed by atoms with van der Waals surface area (Å²) in [5.74, 6) is 0.946. The van der Waals surface area contributed by atoms with E-state index in [0.29, 0.717) is 6.04 Å². The molecule has 0 saturated carbocycles. The van der Waals surface area contributed by atoms with E-state index in [1.54, 1.807) is 0 Å². The molecule has 114 valence electrons. The summed E-state index contributed by atoms with van der Waals surface area (Å²) in [6.07, 6.45) is 6.66. The van der Waals surface area contributed by atoms with Crippen LogP contribution in [0, 0.1) is 0 Å². The quantitative estimate of drug-likeness (QED) is 0.702. The van der Waals surface area contributed by atoms with Crippen LogP contribution >= 0.6 is 0 Å². The van der Waals surface area contributed by atoms with Gasteiger partial charge in [-0.3, -0.25) is 4.98 Å². The van der Waals surface area contributed by atoms with E-state index < -0.39 is 0 Å². The average molecular weight is 286 g/mol. The highest BCUT2D eigenvalue weighted by Gasteiger charge is 2.01. The van der Waals surface area contributed by atoms with Gasteiger partial charge in [0.2, 0.25) is 0 Å². The van der Waals surface area contributed by atoms with E-state index in [4.69, 9.17) is 4.74 Å². The van der Waals surface area contributed by atoms with E-state index >= 15 is 0 Å². The van der Waals surface area contributed by atoms with Crippen molar-refractivity contribution < 1.29 is 4.74 Å². The van der Waals surface area contributed by atoms with Crippen LogP contribution in [0.5, 0.6) is 5.75 Å². The predicted molar refractivity (Wildman–Crippen MR) is 88.8 cm³/mol. The second kappa shape index (κ2) is 8.63. The summed E-state index contributed by atoms with van der Waals surface area (Å²) in [5, 5.41) is 4.54. The maximum atomic E-state index is 5.91. The van der Waals surface area contributed by atoms with E-state index in [1.165, 1.54) is 19.3 Å². The van der Waals surface area contributed by atoms with Gasteiger partial charge in [-0.05, 0) is 43.7 Å². The second-order valence-electron chi connectivity index (χ2n) is 5.70. The maximum Gasteiger partial charge on any atom is 0.128 e. The Bertz CT molecular complexity index is 534. The minimum absolute atomic E-state index is 0.591. The van der Waals surface area contributed by atoms with Gasteiger partial charge in [-0.15, -0.1) is 0 Å². The van der Waals surface area contributed by atoms with Gasteiger partial charge in [0.1, 0.15) is 5.75 Å². The Balaban J connectivity index is 1.66. The van der Waals surface area contributed by atoms with Crippen molar-refractivity contribution in [3.05, 3.63) is 36.5 Å². The van der Waals surface area contributed by atoms with Gasteiger partial charge in [0, 0.05) is 17.6 Å². The van der Waals surface area contributed by atoms with Gasteiger partial charge >= 0.3 is 0 Å². The van der Waals surface area contributed by atoms with Crippen LogP contribution in [-0.4, -0.2) is 24.2 Å². The van der Waals surface area contributed by atoms with E-state index in [2.05, 4.69) is 30.2 Å². The van der Waals surface area contributed by atoms with Gasteiger partial charge in [-0.2, -0.15) is 0 Å². The first kappa shape index (κ1) is 15.8. The zero-order valence-corrected chi connectivity index (χ0v) is 13.1. The molecule has 0 radical (unpaired) electrons. The molecule has 3 heteroatoms. The van der Waals surface area contributed by atoms with Crippen molar-refractivity contribution in [1.29, 1.82) is 0 Å². The summed E-state index contributed by atoms with van der Waals surface area (Å²) < 4.78 is 5.91. The largest absolute Gasteiger partial charge is 0.493 e. The number of hydrogen-bond donors (Lipinski definition) is 1. The van der Waals surface area contributed by atoms with Gasteiger partial charge in [-0.1, -0.05) is 32.8 Å². The summed E-state index contributed by atoms with van der Waals surface area (Å²) in [4.78, 5) is 4.35. The Kier molecular flexibility index (Phi) is 6.48. The fraction of sp³-hybridized carbons (Fsp3) is 0.500. The average Bonchev–Trinajstić information content (AvgIpc) is 2.50. The number of fused-ring (bicyclic) bond motifs is 1.